The molecule has 4 heterocycles. The molecule has 29 heavy (non-hydrogen) atoms. The molecule has 2 N–H and O–H groups in total. The van der Waals surface area contributed by atoms with E-state index in [1.807, 2.05) is 6.20 Å². The van der Waals surface area contributed by atoms with E-state index >= 15 is 0 Å². The number of amidine groups is 1. The van der Waals surface area contributed by atoms with E-state index < -0.39 is 0 Å². The van der Waals surface area contributed by atoms with Crippen LogP contribution in [0.2, 0.25) is 0 Å². The molecule has 0 spiro atoms. The van der Waals surface area contributed by atoms with Crippen molar-refractivity contribution in [2.75, 3.05) is 31.1 Å². The van der Waals surface area contributed by atoms with E-state index in [1.54, 1.807) is 0 Å². The van der Waals surface area contributed by atoms with Crippen molar-refractivity contribution in [2.24, 2.45) is 10.7 Å². The topological polar surface area (TPSA) is 70.6 Å². The first-order valence-corrected chi connectivity index (χ1v) is 10.4. The lowest BCUT2D eigenvalue weighted by Crippen LogP contribution is -2.59. The Morgan fingerprint density at radius 3 is 2.59 bits per heavy atom. The van der Waals surface area contributed by atoms with Gasteiger partial charge in [0.15, 0.2) is 0 Å². The molecule has 146 valence electrons. The summed E-state index contributed by atoms with van der Waals surface area (Å²) in [6.07, 6.45) is 5.34. The van der Waals surface area contributed by atoms with Crippen LogP contribution < -0.4 is 10.6 Å². The monoisotopic (exact) mass is 384 g/mol. The fraction of sp³-hybridized carbons (Fsp3) is 0.348. The molecular formula is C23H24N6. The van der Waals surface area contributed by atoms with E-state index in [0.29, 0.717) is 11.9 Å². The number of hydrogen-bond acceptors (Lipinski definition) is 6. The number of benzene rings is 2. The van der Waals surface area contributed by atoms with Crippen molar-refractivity contribution in [3.8, 4) is 11.1 Å². The quantitative estimate of drug-likeness (QED) is 0.751. The summed E-state index contributed by atoms with van der Waals surface area (Å²) < 4.78 is 0. The van der Waals surface area contributed by atoms with Gasteiger partial charge in [0.2, 0.25) is 0 Å². The summed E-state index contributed by atoms with van der Waals surface area (Å²) in [6, 6.07) is 13.3. The zero-order valence-electron chi connectivity index (χ0n) is 16.4. The van der Waals surface area contributed by atoms with Crippen LogP contribution in [0, 0.1) is 0 Å². The smallest absolute Gasteiger partial charge is 0.147 e. The lowest BCUT2D eigenvalue weighted by atomic mass is 10.0. The number of likely N-dealkylation sites (tertiary alicyclic amines) is 1. The maximum Gasteiger partial charge on any atom is 0.147 e. The van der Waals surface area contributed by atoms with Crippen LogP contribution in [-0.4, -0.2) is 52.9 Å². The molecule has 0 amide bonds. The Kier molecular flexibility index (Phi) is 3.81. The second-order valence-corrected chi connectivity index (χ2v) is 8.36. The molecule has 0 saturated carbocycles. The lowest BCUT2D eigenvalue weighted by molar-refractivity contribution is 0.204. The number of rotatable bonds is 3. The van der Waals surface area contributed by atoms with Gasteiger partial charge in [0.05, 0.1) is 22.9 Å². The second kappa shape index (κ2) is 6.52. The number of fused-ring (bicyclic) bond motifs is 2. The summed E-state index contributed by atoms with van der Waals surface area (Å²) in [5.41, 5.74) is 12.2. The van der Waals surface area contributed by atoms with Gasteiger partial charge in [-0.15, -0.1) is 0 Å². The van der Waals surface area contributed by atoms with Crippen molar-refractivity contribution in [1.29, 1.82) is 0 Å². The maximum atomic E-state index is 5.89. The molecule has 0 aliphatic carbocycles. The molecule has 6 rings (SSSR count). The van der Waals surface area contributed by atoms with Crippen LogP contribution >= 0.6 is 0 Å². The molecule has 1 aromatic heterocycles. The lowest BCUT2D eigenvalue weighted by Gasteiger charge is -2.44. The normalized spacial score (nSPS) is 19.4. The van der Waals surface area contributed by atoms with E-state index in [1.165, 1.54) is 31.5 Å². The van der Waals surface area contributed by atoms with Crippen LogP contribution in [0.25, 0.3) is 22.2 Å². The highest BCUT2D eigenvalue weighted by Gasteiger charge is 2.33. The predicted molar refractivity (Wildman–Crippen MR) is 117 cm³/mol. The average Bonchev–Trinajstić information content (AvgIpc) is 3.34. The van der Waals surface area contributed by atoms with Gasteiger partial charge in [0, 0.05) is 25.6 Å². The summed E-state index contributed by atoms with van der Waals surface area (Å²) in [5.74, 6) is 1.67. The number of aromatic nitrogens is 2. The Labute approximate surface area is 170 Å². The number of nitrogens with two attached hydrogens (primary N) is 1. The Morgan fingerprint density at radius 1 is 0.931 bits per heavy atom. The van der Waals surface area contributed by atoms with Crippen LogP contribution in [0.3, 0.4) is 0 Å². The minimum atomic E-state index is 0.681. The molecule has 6 heteroatoms. The van der Waals surface area contributed by atoms with Crippen molar-refractivity contribution in [1.82, 2.24) is 14.9 Å². The van der Waals surface area contributed by atoms with Crippen molar-refractivity contribution in [3.63, 3.8) is 0 Å². The molecule has 0 radical (unpaired) electrons. The first-order chi connectivity index (χ1) is 14.2. The van der Waals surface area contributed by atoms with E-state index in [2.05, 4.69) is 56.2 Å². The molecule has 0 bridgehead atoms. The Bertz CT molecular complexity index is 1130. The molecule has 3 aliphatic rings. The van der Waals surface area contributed by atoms with E-state index in [-0.39, 0.29) is 0 Å². The van der Waals surface area contributed by atoms with Gasteiger partial charge in [-0.25, -0.2) is 9.98 Å². The Hall–Kier alpha value is -2.99. The molecule has 0 unspecified atom stereocenters. The van der Waals surface area contributed by atoms with Crippen molar-refractivity contribution in [2.45, 2.75) is 25.3 Å². The first kappa shape index (κ1) is 16.9. The molecule has 2 fully saturated rings. The van der Waals surface area contributed by atoms with Crippen LogP contribution in [0.5, 0.6) is 0 Å². The number of hydrogen-bond donors (Lipinski definition) is 1. The minimum absolute atomic E-state index is 0.681. The number of aliphatic imine (C=N–C) groups is 1. The largest absolute Gasteiger partial charge is 0.387 e. The molecule has 3 aliphatic heterocycles. The zero-order valence-corrected chi connectivity index (χ0v) is 16.4. The van der Waals surface area contributed by atoms with Gasteiger partial charge in [-0.3, -0.25) is 9.88 Å². The van der Waals surface area contributed by atoms with Crippen molar-refractivity contribution < 1.29 is 0 Å². The summed E-state index contributed by atoms with van der Waals surface area (Å²) in [7, 11) is 0. The van der Waals surface area contributed by atoms with Crippen LogP contribution in [0.1, 0.15) is 18.4 Å². The maximum absolute atomic E-state index is 5.89. The van der Waals surface area contributed by atoms with Crippen molar-refractivity contribution in [3.05, 3.63) is 48.2 Å². The standard InChI is InChI=1S/C23H24N6/c24-22-11-17-4-3-15(9-20(17)26-22)16-5-6-19-21(10-16)27-23(12-25-19)29-13-18(14-29)28-7-1-2-8-28/h3-6,9-10,12,18H,1-2,7-8,11,13-14H2,(H2,24,26). The summed E-state index contributed by atoms with van der Waals surface area (Å²) in [6.45, 7) is 4.62. The molecule has 0 atom stereocenters. The van der Waals surface area contributed by atoms with E-state index in [4.69, 9.17) is 10.7 Å². The second-order valence-electron chi connectivity index (χ2n) is 8.36. The molecule has 6 nitrogen and oxygen atoms in total. The van der Waals surface area contributed by atoms with Crippen molar-refractivity contribution >= 4 is 28.4 Å². The third-order valence-corrected chi connectivity index (χ3v) is 6.43. The zero-order chi connectivity index (χ0) is 19.4. The first-order valence-electron chi connectivity index (χ1n) is 10.4. The number of nitrogens with zero attached hydrogens (tertiary/aromatic N) is 5. The van der Waals surface area contributed by atoms with Gasteiger partial charge in [-0.1, -0.05) is 18.2 Å². The number of anilines is 1. The SMILES string of the molecule is NC1=Nc2cc(-c3ccc4ncc(N5CC(N6CCCC6)C5)nc4c3)ccc2C1. The molecule has 3 aromatic rings. The van der Waals surface area contributed by atoms with Gasteiger partial charge < -0.3 is 10.6 Å². The third-order valence-electron chi connectivity index (χ3n) is 6.43. The van der Waals surface area contributed by atoms with Gasteiger partial charge in [-0.2, -0.15) is 0 Å². The molecule has 2 saturated heterocycles. The van der Waals surface area contributed by atoms with Gasteiger partial charge in [-0.05, 0) is 60.8 Å². The Balaban J connectivity index is 1.27. The van der Waals surface area contributed by atoms with Gasteiger partial charge >= 0.3 is 0 Å². The average molecular weight is 384 g/mol. The fourth-order valence-electron chi connectivity index (χ4n) is 4.70. The van der Waals surface area contributed by atoms with Crippen LogP contribution in [0.15, 0.2) is 47.6 Å². The third kappa shape index (κ3) is 2.95. The molecular weight excluding hydrogens is 360 g/mol. The summed E-state index contributed by atoms with van der Waals surface area (Å²) in [5, 5.41) is 0. The Morgan fingerprint density at radius 2 is 1.72 bits per heavy atom. The fourth-order valence-corrected chi connectivity index (χ4v) is 4.70. The highest BCUT2D eigenvalue weighted by molar-refractivity contribution is 5.92. The molecule has 2 aromatic carbocycles. The van der Waals surface area contributed by atoms with E-state index in [9.17, 15) is 0 Å². The van der Waals surface area contributed by atoms with Crippen LogP contribution in [0.4, 0.5) is 11.5 Å². The highest BCUT2D eigenvalue weighted by Crippen LogP contribution is 2.32. The van der Waals surface area contributed by atoms with E-state index in [0.717, 1.165) is 53.2 Å². The predicted octanol–water partition coefficient (Wildman–Crippen LogP) is 3.13. The van der Waals surface area contributed by atoms with Gasteiger partial charge in [0.1, 0.15) is 11.7 Å². The highest BCUT2D eigenvalue weighted by atomic mass is 15.3. The van der Waals surface area contributed by atoms with Crippen LogP contribution in [-0.2, 0) is 6.42 Å². The van der Waals surface area contributed by atoms with Gasteiger partial charge in [0.25, 0.3) is 0 Å². The summed E-state index contributed by atoms with van der Waals surface area (Å²) >= 11 is 0. The summed E-state index contributed by atoms with van der Waals surface area (Å²) in [4.78, 5) is 19.0. The minimum Gasteiger partial charge on any atom is -0.387 e.